The Hall–Kier alpha value is -2.65. The lowest BCUT2D eigenvalue weighted by molar-refractivity contribution is -0.149. The van der Waals surface area contributed by atoms with Crippen LogP contribution in [0, 0.1) is 5.92 Å². The minimum atomic E-state index is -0.601. The predicted molar refractivity (Wildman–Crippen MR) is 150 cm³/mol. The zero-order valence-corrected chi connectivity index (χ0v) is 23.5. The number of para-hydroxylation sites is 1. The summed E-state index contributed by atoms with van der Waals surface area (Å²) in [6.07, 6.45) is 8.02. The molecule has 0 aromatic heterocycles. The van der Waals surface area contributed by atoms with Crippen LogP contribution in [-0.4, -0.2) is 89.2 Å². The maximum Gasteiger partial charge on any atom is 0.259 e. The maximum atomic E-state index is 14.4. The van der Waals surface area contributed by atoms with Crippen LogP contribution in [0.5, 0.6) is 5.75 Å². The van der Waals surface area contributed by atoms with Crippen LogP contribution in [-0.2, 0) is 14.4 Å². The van der Waals surface area contributed by atoms with E-state index in [0.29, 0.717) is 26.2 Å². The molecule has 0 unspecified atom stereocenters. The van der Waals surface area contributed by atoms with E-state index in [2.05, 4.69) is 25.6 Å². The molecule has 3 heterocycles. The van der Waals surface area contributed by atoms with E-state index in [0.717, 1.165) is 62.8 Å². The second-order valence-electron chi connectivity index (χ2n) is 11.8. The van der Waals surface area contributed by atoms with Gasteiger partial charge in [-0.3, -0.25) is 19.3 Å². The van der Waals surface area contributed by atoms with Gasteiger partial charge in [0.2, 0.25) is 17.7 Å². The van der Waals surface area contributed by atoms with E-state index in [1.165, 1.54) is 6.42 Å². The number of fused-ring (bicyclic) bond motifs is 2. The summed E-state index contributed by atoms with van der Waals surface area (Å²) in [5.74, 6) is 0.681. The quantitative estimate of drug-likeness (QED) is 0.439. The van der Waals surface area contributed by atoms with Gasteiger partial charge in [-0.2, -0.15) is 0 Å². The first-order valence-corrected chi connectivity index (χ1v) is 15.1. The molecule has 0 radical (unpaired) electrons. The van der Waals surface area contributed by atoms with Crippen molar-refractivity contribution in [2.24, 2.45) is 5.92 Å². The summed E-state index contributed by atoms with van der Waals surface area (Å²) in [6.45, 7) is 7.20. The smallest absolute Gasteiger partial charge is 0.259 e. The molecule has 1 aliphatic carbocycles. The molecule has 1 aromatic rings. The van der Waals surface area contributed by atoms with Crippen molar-refractivity contribution in [3.05, 3.63) is 29.8 Å². The standard InChI is InChI=1S/C30H45N5O4/c1-3-31-20(2)28(36)33-27(21-10-5-4-6-11-21)30(38)35-18-22-12-9-16-34(22)19-25(35)29(37)32-24-15-17-39-26-14-8-7-13-23(24)26/h7-8,13-14,20-22,24-25,27,31H,3-6,9-12,15-19H2,1-2H3,(H,32,37)(H,33,36)/p+1/t20-,22+,24+,25-,27-/m0/s1. The normalized spacial score (nSPS) is 27.0. The minimum absolute atomic E-state index is 0.0929. The number of likely N-dealkylation sites (N-methyl/N-ethyl adjacent to an activating group) is 1. The second kappa shape index (κ2) is 12.7. The third-order valence-corrected chi connectivity index (χ3v) is 9.19. The summed E-state index contributed by atoms with van der Waals surface area (Å²) in [4.78, 5) is 45.6. The van der Waals surface area contributed by atoms with E-state index in [9.17, 15) is 14.4 Å². The Kier molecular flexibility index (Phi) is 9.07. The van der Waals surface area contributed by atoms with Crippen LogP contribution < -0.4 is 16.0 Å². The summed E-state index contributed by atoms with van der Waals surface area (Å²) >= 11 is 0. The molecule has 3 amide bonds. The average Bonchev–Trinajstić information content (AvgIpc) is 3.43. The number of hydrogen-bond donors (Lipinski definition) is 3. The average molecular weight is 541 g/mol. The number of aliphatic hydroxyl groups is 1. The number of rotatable bonds is 8. The Morgan fingerprint density at radius 3 is 2.62 bits per heavy atom. The molecule has 9 nitrogen and oxygen atoms in total. The van der Waals surface area contributed by atoms with Crippen molar-refractivity contribution in [1.82, 2.24) is 25.8 Å². The first-order chi connectivity index (χ1) is 19.0. The van der Waals surface area contributed by atoms with Crippen molar-refractivity contribution in [1.29, 1.82) is 0 Å². The largest absolute Gasteiger partial charge is 0.582 e. The van der Waals surface area contributed by atoms with Crippen LogP contribution in [0.4, 0.5) is 0 Å². The van der Waals surface area contributed by atoms with Crippen LogP contribution in [0.15, 0.2) is 24.3 Å². The molecule has 39 heavy (non-hydrogen) atoms. The summed E-state index contributed by atoms with van der Waals surface area (Å²) in [6, 6.07) is 6.58. The molecule has 5 rings (SSSR count). The molecule has 0 bridgehead atoms. The molecule has 4 N–H and O–H groups in total. The van der Waals surface area contributed by atoms with Crippen LogP contribution >= 0.6 is 0 Å². The van der Waals surface area contributed by atoms with E-state index >= 15 is 0 Å². The van der Waals surface area contributed by atoms with Crippen LogP contribution in [0.25, 0.3) is 0 Å². The van der Waals surface area contributed by atoms with Gasteiger partial charge in [0, 0.05) is 25.2 Å². The van der Waals surface area contributed by atoms with Crippen molar-refractivity contribution in [2.45, 2.75) is 95.4 Å². The fourth-order valence-corrected chi connectivity index (χ4v) is 7.00. The fraction of sp³-hybridized carbons (Fsp3) is 0.700. The minimum Gasteiger partial charge on any atom is -0.582 e. The molecule has 3 aliphatic heterocycles. The lowest BCUT2D eigenvalue weighted by atomic mass is 9.82. The third kappa shape index (κ3) is 6.24. The number of nitrogens with one attached hydrogen (secondary N) is 3. The number of ether oxygens (including phenoxy) is 1. The van der Waals surface area contributed by atoms with Crippen molar-refractivity contribution in [3.8, 4) is 5.75 Å². The molecular weight excluding hydrogens is 494 g/mol. The summed E-state index contributed by atoms with van der Waals surface area (Å²) in [7, 11) is 0. The molecule has 3 fully saturated rings. The molecule has 9 heteroatoms. The third-order valence-electron chi connectivity index (χ3n) is 9.19. The first kappa shape index (κ1) is 27.9. The zero-order valence-electron chi connectivity index (χ0n) is 23.5. The zero-order chi connectivity index (χ0) is 27.4. The summed E-state index contributed by atoms with van der Waals surface area (Å²) < 4.78 is 4.61. The number of amides is 3. The second-order valence-corrected chi connectivity index (χ2v) is 11.8. The van der Waals surface area contributed by atoms with Gasteiger partial charge in [0.25, 0.3) is 5.75 Å². The molecule has 0 spiro atoms. The molecule has 4 aliphatic rings. The van der Waals surface area contributed by atoms with Crippen molar-refractivity contribution < 1.29 is 19.1 Å². The molecule has 214 valence electrons. The van der Waals surface area contributed by atoms with E-state index in [4.69, 9.17) is 0 Å². The Bertz CT molecular complexity index is 1030. The predicted octanol–water partition coefficient (Wildman–Crippen LogP) is 2.23. The summed E-state index contributed by atoms with van der Waals surface area (Å²) in [5, 5.41) is 9.59. The van der Waals surface area contributed by atoms with Gasteiger partial charge in [-0.25, -0.2) is 0 Å². The SMILES string of the molecule is CCN[C@@H](C)C(=O)N[C@H](C(=O)N1C[C@H]2CCCN2C[C@H]1C(=O)N[C@@H]1CC[OH+]c2ccccc21)C1CCCCC1. The number of piperazine rings is 1. The Morgan fingerprint density at radius 1 is 1.03 bits per heavy atom. The van der Waals surface area contributed by atoms with Crippen molar-refractivity contribution >= 4 is 17.7 Å². The van der Waals surface area contributed by atoms with Gasteiger partial charge in [-0.05, 0) is 57.7 Å². The molecule has 1 saturated carbocycles. The fourth-order valence-electron chi connectivity index (χ4n) is 7.00. The molecule has 2 saturated heterocycles. The van der Waals surface area contributed by atoms with E-state index in [1.54, 1.807) is 0 Å². The highest BCUT2D eigenvalue weighted by Crippen LogP contribution is 2.34. The molecular formula is C30H46N5O4+. The van der Waals surface area contributed by atoms with Gasteiger partial charge >= 0.3 is 0 Å². The van der Waals surface area contributed by atoms with Crippen LogP contribution in [0.1, 0.15) is 76.8 Å². The lowest BCUT2D eigenvalue weighted by Gasteiger charge is -2.45. The van der Waals surface area contributed by atoms with E-state index in [1.807, 2.05) is 43.0 Å². The highest BCUT2D eigenvalue weighted by atomic mass is 16.5. The van der Waals surface area contributed by atoms with E-state index < -0.39 is 12.1 Å². The first-order valence-electron chi connectivity index (χ1n) is 15.1. The molecule has 1 aromatic carbocycles. The van der Waals surface area contributed by atoms with Gasteiger partial charge in [-0.15, -0.1) is 0 Å². The van der Waals surface area contributed by atoms with Gasteiger partial charge in [0.15, 0.2) is 6.61 Å². The van der Waals surface area contributed by atoms with Crippen LogP contribution in [0.2, 0.25) is 0 Å². The topological polar surface area (TPSA) is 107 Å². The maximum absolute atomic E-state index is 14.4. The van der Waals surface area contributed by atoms with Gasteiger partial charge in [-0.1, -0.05) is 38.3 Å². The number of benzene rings is 1. The Morgan fingerprint density at radius 2 is 1.82 bits per heavy atom. The summed E-state index contributed by atoms with van der Waals surface area (Å²) in [5.41, 5.74) is 1.04. The Labute approximate surface area is 232 Å². The van der Waals surface area contributed by atoms with Crippen molar-refractivity contribution in [2.75, 3.05) is 32.8 Å². The van der Waals surface area contributed by atoms with E-state index in [-0.39, 0.29) is 41.8 Å². The highest BCUT2D eigenvalue weighted by molar-refractivity contribution is 5.93. The van der Waals surface area contributed by atoms with Gasteiger partial charge < -0.3 is 25.6 Å². The monoisotopic (exact) mass is 540 g/mol. The number of hydrogen-bond acceptors (Lipinski definition) is 5. The Balaban J connectivity index is 1.38. The highest BCUT2D eigenvalue weighted by Gasteiger charge is 2.45. The number of nitrogens with zero attached hydrogens (tertiary/aromatic N) is 2. The van der Waals surface area contributed by atoms with Gasteiger partial charge in [0.05, 0.1) is 24.1 Å². The molecule has 5 atom stereocenters. The number of carbonyl (C=O) groups is 3. The number of carbonyl (C=O) groups excluding carboxylic acids is 3. The van der Waals surface area contributed by atoms with Crippen molar-refractivity contribution in [3.63, 3.8) is 0 Å². The lowest BCUT2D eigenvalue weighted by Crippen LogP contribution is -2.66. The number of aromatic hydroxyl groups is 1. The van der Waals surface area contributed by atoms with Crippen LogP contribution in [0.3, 0.4) is 0 Å². The van der Waals surface area contributed by atoms with Gasteiger partial charge in [0.1, 0.15) is 12.1 Å².